The molecule has 0 saturated heterocycles. The Hall–Kier alpha value is -3.51. The minimum atomic E-state index is 0.00645. The zero-order valence-electron chi connectivity index (χ0n) is 19.4. The van der Waals surface area contributed by atoms with Crippen LogP contribution in [-0.4, -0.2) is 36.2 Å². The predicted molar refractivity (Wildman–Crippen MR) is 135 cm³/mol. The molecule has 7 heteroatoms. The average Bonchev–Trinajstić information content (AvgIpc) is 3.19. The topological polar surface area (TPSA) is 65.4 Å². The van der Waals surface area contributed by atoms with Crippen molar-refractivity contribution in [1.82, 2.24) is 14.9 Å². The van der Waals surface area contributed by atoms with Gasteiger partial charge in [-0.2, -0.15) is 0 Å². The first-order chi connectivity index (χ1) is 16.6. The fourth-order valence-corrected chi connectivity index (χ4v) is 4.24. The average molecular weight is 478 g/mol. The van der Waals surface area contributed by atoms with Crippen LogP contribution in [0.5, 0.6) is 11.5 Å². The van der Waals surface area contributed by atoms with E-state index in [9.17, 15) is 4.79 Å². The third-order valence-corrected chi connectivity index (χ3v) is 5.97. The predicted octanol–water partition coefficient (Wildman–Crippen LogP) is 5.05. The van der Waals surface area contributed by atoms with E-state index in [0.29, 0.717) is 48.9 Å². The summed E-state index contributed by atoms with van der Waals surface area (Å²) >= 11 is 6.16. The summed E-state index contributed by atoms with van der Waals surface area (Å²) in [6, 6.07) is 21.6. The SMILES string of the molecule is COc1ccc(CCNC(=O)CCn2c(Cc3cccc(Cl)c3)nc3ccccc32)cc1OC. The first kappa shape index (κ1) is 23.6. The smallest absolute Gasteiger partial charge is 0.221 e. The molecule has 1 heterocycles. The standard InChI is InChI=1S/C27H28ClN3O3/c1-33-24-11-10-19(17-25(24)34-2)12-14-29-27(32)13-15-31-23-9-4-3-8-22(23)30-26(31)18-20-6-5-7-21(28)16-20/h3-11,16-17H,12-15,18H2,1-2H3,(H,29,32). The molecule has 34 heavy (non-hydrogen) atoms. The summed E-state index contributed by atoms with van der Waals surface area (Å²) in [6.45, 7) is 1.10. The molecule has 176 valence electrons. The number of imidazole rings is 1. The van der Waals surface area contributed by atoms with E-state index in [1.165, 1.54) is 0 Å². The van der Waals surface area contributed by atoms with Gasteiger partial charge in [0.05, 0.1) is 25.3 Å². The molecule has 1 aromatic heterocycles. The second-order valence-electron chi connectivity index (χ2n) is 8.01. The molecule has 3 aromatic carbocycles. The number of hydrogen-bond donors (Lipinski definition) is 1. The Morgan fingerprint density at radius 3 is 2.59 bits per heavy atom. The number of nitrogens with zero attached hydrogens (tertiary/aromatic N) is 2. The van der Waals surface area contributed by atoms with E-state index in [4.69, 9.17) is 26.1 Å². The van der Waals surface area contributed by atoms with Gasteiger partial charge in [-0.3, -0.25) is 4.79 Å². The van der Waals surface area contributed by atoms with Crippen LogP contribution in [0.4, 0.5) is 0 Å². The van der Waals surface area contributed by atoms with Crippen molar-refractivity contribution in [2.45, 2.75) is 25.8 Å². The van der Waals surface area contributed by atoms with E-state index in [1.54, 1.807) is 14.2 Å². The van der Waals surface area contributed by atoms with Crippen molar-refractivity contribution in [3.8, 4) is 11.5 Å². The first-order valence-electron chi connectivity index (χ1n) is 11.2. The van der Waals surface area contributed by atoms with Gasteiger partial charge in [-0.25, -0.2) is 4.98 Å². The maximum Gasteiger partial charge on any atom is 0.221 e. The number of halogens is 1. The minimum Gasteiger partial charge on any atom is -0.493 e. The van der Waals surface area contributed by atoms with E-state index in [2.05, 4.69) is 9.88 Å². The molecule has 0 aliphatic heterocycles. The van der Waals surface area contributed by atoms with Gasteiger partial charge in [0.2, 0.25) is 5.91 Å². The Kier molecular flexibility index (Phi) is 7.70. The lowest BCUT2D eigenvalue weighted by molar-refractivity contribution is -0.121. The van der Waals surface area contributed by atoms with Gasteiger partial charge in [-0.1, -0.05) is 41.9 Å². The Morgan fingerprint density at radius 2 is 1.79 bits per heavy atom. The number of benzene rings is 3. The van der Waals surface area contributed by atoms with Crippen LogP contribution in [0.3, 0.4) is 0 Å². The summed E-state index contributed by atoms with van der Waals surface area (Å²) in [7, 11) is 3.23. The molecule has 0 fully saturated rings. The number of hydrogen-bond acceptors (Lipinski definition) is 4. The lowest BCUT2D eigenvalue weighted by Gasteiger charge is -2.11. The molecule has 0 radical (unpaired) electrons. The van der Waals surface area contributed by atoms with Crippen LogP contribution in [0.15, 0.2) is 66.7 Å². The van der Waals surface area contributed by atoms with Crippen molar-refractivity contribution in [2.75, 3.05) is 20.8 Å². The number of aryl methyl sites for hydroxylation is 1. The van der Waals surface area contributed by atoms with Crippen molar-refractivity contribution < 1.29 is 14.3 Å². The van der Waals surface area contributed by atoms with Crippen LogP contribution in [-0.2, 0) is 24.2 Å². The van der Waals surface area contributed by atoms with E-state index < -0.39 is 0 Å². The van der Waals surface area contributed by atoms with Crippen molar-refractivity contribution in [3.05, 3.63) is 88.7 Å². The van der Waals surface area contributed by atoms with Crippen LogP contribution in [0.25, 0.3) is 11.0 Å². The number of carbonyl (C=O) groups is 1. The van der Waals surface area contributed by atoms with Crippen molar-refractivity contribution in [2.24, 2.45) is 0 Å². The molecule has 1 amide bonds. The van der Waals surface area contributed by atoms with Gasteiger partial charge in [0.15, 0.2) is 11.5 Å². The zero-order valence-corrected chi connectivity index (χ0v) is 20.1. The fraction of sp³-hybridized carbons (Fsp3) is 0.259. The number of methoxy groups -OCH3 is 2. The van der Waals surface area contributed by atoms with Crippen LogP contribution in [0, 0.1) is 0 Å². The van der Waals surface area contributed by atoms with Gasteiger partial charge in [-0.05, 0) is 53.9 Å². The highest BCUT2D eigenvalue weighted by atomic mass is 35.5. The normalized spacial score (nSPS) is 10.9. The lowest BCUT2D eigenvalue weighted by Crippen LogP contribution is -2.26. The number of ether oxygens (including phenoxy) is 2. The van der Waals surface area contributed by atoms with Gasteiger partial charge < -0.3 is 19.4 Å². The molecule has 6 nitrogen and oxygen atoms in total. The molecule has 0 atom stereocenters. The molecule has 0 bridgehead atoms. The summed E-state index contributed by atoms with van der Waals surface area (Å²) in [4.78, 5) is 17.4. The van der Waals surface area contributed by atoms with Gasteiger partial charge in [0.25, 0.3) is 0 Å². The highest BCUT2D eigenvalue weighted by molar-refractivity contribution is 6.30. The van der Waals surface area contributed by atoms with E-state index >= 15 is 0 Å². The summed E-state index contributed by atoms with van der Waals surface area (Å²) in [5, 5.41) is 3.72. The zero-order chi connectivity index (χ0) is 23.9. The van der Waals surface area contributed by atoms with Gasteiger partial charge in [-0.15, -0.1) is 0 Å². The molecular weight excluding hydrogens is 450 g/mol. The quantitative estimate of drug-likeness (QED) is 0.347. The van der Waals surface area contributed by atoms with Crippen LogP contribution < -0.4 is 14.8 Å². The molecule has 0 aliphatic carbocycles. The molecule has 1 N–H and O–H groups in total. The maximum absolute atomic E-state index is 12.6. The third kappa shape index (κ3) is 5.69. The van der Waals surface area contributed by atoms with E-state index in [-0.39, 0.29) is 5.91 Å². The number of nitrogens with one attached hydrogen (secondary N) is 1. The Balaban J connectivity index is 1.38. The number of aromatic nitrogens is 2. The molecule has 4 aromatic rings. The summed E-state index contributed by atoms with van der Waals surface area (Å²) < 4.78 is 12.8. The number of carbonyl (C=O) groups excluding carboxylic acids is 1. The largest absolute Gasteiger partial charge is 0.493 e. The van der Waals surface area contributed by atoms with Crippen LogP contribution in [0.1, 0.15) is 23.4 Å². The second kappa shape index (κ2) is 11.1. The summed E-state index contributed by atoms with van der Waals surface area (Å²) in [5.74, 6) is 2.30. The second-order valence-corrected chi connectivity index (χ2v) is 8.45. The van der Waals surface area contributed by atoms with E-state index in [0.717, 1.165) is 28.0 Å². The van der Waals surface area contributed by atoms with Crippen LogP contribution >= 0.6 is 11.6 Å². The summed E-state index contributed by atoms with van der Waals surface area (Å²) in [6.07, 6.45) is 1.73. The number of amides is 1. The third-order valence-electron chi connectivity index (χ3n) is 5.73. The van der Waals surface area contributed by atoms with Crippen LogP contribution in [0.2, 0.25) is 5.02 Å². The number of para-hydroxylation sites is 2. The minimum absolute atomic E-state index is 0.00645. The highest BCUT2D eigenvalue weighted by Gasteiger charge is 2.13. The van der Waals surface area contributed by atoms with Gasteiger partial charge in [0, 0.05) is 31.0 Å². The number of rotatable bonds is 10. The molecule has 0 saturated carbocycles. The Morgan fingerprint density at radius 1 is 0.971 bits per heavy atom. The highest BCUT2D eigenvalue weighted by Crippen LogP contribution is 2.27. The van der Waals surface area contributed by atoms with Crippen molar-refractivity contribution in [3.63, 3.8) is 0 Å². The summed E-state index contributed by atoms with van der Waals surface area (Å²) in [5.41, 5.74) is 4.11. The maximum atomic E-state index is 12.6. The monoisotopic (exact) mass is 477 g/mol. The van der Waals surface area contributed by atoms with Crippen molar-refractivity contribution in [1.29, 1.82) is 0 Å². The number of fused-ring (bicyclic) bond motifs is 1. The Labute approximate surface area is 204 Å². The van der Waals surface area contributed by atoms with Gasteiger partial charge >= 0.3 is 0 Å². The van der Waals surface area contributed by atoms with Crippen molar-refractivity contribution >= 4 is 28.5 Å². The molecule has 0 aliphatic rings. The molecular formula is C27H28ClN3O3. The van der Waals surface area contributed by atoms with E-state index in [1.807, 2.05) is 66.7 Å². The molecule has 0 spiro atoms. The molecule has 4 rings (SSSR count). The first-order valence-corrected chi connectivity index (χ1v) is 11.6. The van der Waals surface area contributed by atoms with Gasteiger partial charge in [0.1, 0.15) is 5.82 Å². The fourth-order valence-electron chi connectivity index (χ4n) is 4.02. The molecule has 0 unspecified atom stereocenters. The lowest BCUT2D eigenvalue weighted by atomic mass is 10.1. The Bertz CT molecular complexity index is 1290.